The summed E-state index contributed by atoms with van der Waals surface area (Å²) >= 11 is 4.72. The molecule has 0 bridgehead atoms. The van der Waals surface area contributed by atoms with Gasteiger partial charge in [0.25, 0.3) is 0 Å². The van der Waals surface area contributed by atoms with Crippen LogP contribution in [0.25, 0.3) is 10.9 Å². The van der Waals surface area contributed by atoms with Crippen LogP contribution in [0.5, 0.6) is 5.75 Å². The third-order valence-corrected chi connectivity index (χ3v) is 7.89. The number of phenols is 1. The number of hydrogen-bond acceptors (Lipinski definition) is 7. The summed E-state index contributed by atoms with van der Waals surface area (Å²) in [6, 6.07) is 8.20. The van der Waals surface area contributed by atoms with E-state index >= 15 is 0 Å². The van der Waals surface area contributed by atoms with Crippen molar-refractivity contribution in [2.75, 3.05) is 19.7 Å². The summed E-state index contributed by atoms with van der Waals surface area (Å²) in [6.45, 7) is 6.35. The molecule has 3 aromatic rings. The van der Waals surface area contributed by atoms with Gasteiger partial charge < -0.3 is 19.1 Å². The summed E-state index contributed by atoms with van der Waals surface area (Å²) in [6.07, 6.45) is 1.04. The Hall–Kier alpha value is -2.27. The molecule has 0 aliphatic carbocycles. The largest absolute Gasteiger partial charge is 0.516 e. The number of carbonyl (C=O) groups is 2. The molecule has 1 aliphatic rings. The van der Waals surface area contributed by atoms with Gasteiger partial charge in [-0.3, -0.25) is 4.90 Å². The highest BCUT2D eigenvalue weighted by Gasteiger charge is 2.30. The van der Waals surface area contributed by atoms with Gasteiger partial charge in [0.05, 0.1) is 22.2 Å². The number of nitrogens with zero attached hydrogens (tertiary/aromatic N) is 2. The van der Waals surface area contributed by atoms with Crippen LogP contribution in [0.1, 0.15) is 48.3 Å². The third kappa shape index (κ3) is 6.25. The van der Waals surface area contributed by atoms with Crippen molar-refractivity contribution in [3.63, 3.8) is 0 Å². The molecule has 0 spiro atoms. The van der Waals surface area contributed by atoms with Crippen molar-refractivity contribution in [3.05, 3.63) is 57.4 Å². The minimum absolute atomic E-state index is 0. The highest BCUT2D eigenvalue weighted by Crippen LogP contribution is 2.42. The Morgan fingerprint density at radius 1 is 1.19 bits per heavy atom. The average molecular weight is 616 g/mol. The Bertz CT molecular complexity index is 1300. The fourth-order valence-corrected chi connectivity index (χ4v) is 6.05. The fraction of sp³-hybridized carbons (Fsp3) is 0.385. The Balaban J connectivity index is 0.00000380. The van der Waals surface area contributed by atoms with Crippen LogP contribution in [0, 0.1) is 5.82 Å². The maximum Gasteiger partial charge on any atom is 0.516 e. The van der Waals surface area contributed by atoms with Gasteiger partial charge in [-0.2, -0.15) is 0 Å². The second-order valence-electron chi connectivity index (χ2n) is 8.42. The van der Waals surface area contributed by atoms with Crippen molar-refractivity contribution < 1.29 is 28.6 Å². The summed E-state index contributed by atoms with van der Waals surface area (Å²) in [5.74, 6) is -0.925. The molecule has 0 amide bonds. The normalized spacial score (nSPS) is 13.5. The van der Waals surface area contributed by atoms with E-state index < -0.39 is 12.1 Å². The molecule has 1 fully saturated rings. The van der Waals surface area contributed by atoms with E-state index in [4.69, 9.17) is 9.47 Å². The molecule has 0 saturated carbocycles. The first-order valence-electron chi connectivity index (χ1n) is 11.9. The first-order chi connectivity index (χ1) is 17.3. The molecule has 0 atom stereocenters. The molecule has 2 aromatic carbocycles. The second kappa shape index (κ2) is 13.0. The van der Waals surface area contributed by atoms with Gasteiger partial charge in [0.1, 0.15) is 11.6 Å². The maximum absolute atomic E-state index is 14.4. The van der Waals surface area contributed by atoms with Gasteiger partial charge in [-0.25, -0.2) is 14.0 Å². The molecule has 1 N–H and O–H groups in total. The minimum atomic E-state index is -1.09. The van der Waals surface area contributed by atoms with E-state index in [-0.39, 0.29) is 41.9 Å². The number of aromatic nitrogens is 1. The predicted octanol–water partition coefficient (Wildman–Crippen LogP) is 6.89. The quantitative estimate of drug-likeness (QED) is 0.168. The number of carbonyl (C=O) groups excluding carboxylic acids is 2. The van der Waals surface area contributed by atoms with E-state index in [0.717, 1.165) is 31.4 Å². The predicted molar refractivity (Wildman–Crippen MR) is 147 cm³/mol. The topological polar surface area (TPSA) is 81.0 Å². The first kappa shape index (κ1) is 29.3. The number of phenolic OH excluding ortho intramolecular Hbond substituents is 1. The number of hydrogen-bond donors (Lipinski definition) is 1. The molecule has 200 valence electrons. The number of benzene rings is 2. The number of thioether (sulfide) groups is 1. The number of rotatable bonds is 8. The summed E-state index contributed by atoms with van der Waals surface area (Å²) in [5, 5.41) is 11.6. The van der Waals surface area contributed by atoms with Gasteiger partial charge in [-0.15, -0.1) is 24.2 Å². The maximum atomic E-state index is 14.4. The van der Waals surface area contributed by atoms with Crippen LogP contribution in [0.2, 0.25) is 0 Å². The number of likely N-dealkylation sites (tertiary alicyclic amines) is 1. The number of ether oxygens (including phenoxy) is 2. The molecule has 11 heteroatoms. The number of fused-ring (bicyclic) bond motifs is 1. The Labute approximate surface area is 233 Å². The lowest BCUT2D eigenvalue weighted by Crippen LogP contribution is -2.19. The second-order valence-corrected chi connectivity index (χ2v) is 10.3. The smallest absolute Gasteiger partial charge is 0.506 e. The zero-order chi connectivity index (χ0) is 25.8. The lowest BCUT2D eigenvalue weighted by Gasteiger charge is -2.18. The molecule has 37 heavy (non-hydrogen) atoms. The molecule has 4 rings (SSSR count). The van der Waals surface area contributed by atoms with Crippen LogP contribution in [0.4, 0.5) is 9.18 Å². The van der Waals surface area contributed by atoms with E-state index in [9.17, 15) is 19.1 Å². The highest BCUT2D eigenvalue weighted by molar-refractivity contribution is 9.10. The zero-order valence-corrected chi connectivity index (χ0v) is 23.8. The van der Waals surface area contributed by atoms with Crippen molar-refractivity contribution in [2.24, 2.45) is 0 Å². The SMILES string of the molecule is CCOC(=O)OC(=O)c1c(CSc2ccccc2F)n(CC)c2cc(Br)c(O)c(CN3CCCC3)c12.Cl. The molecule has 7 nitrogen and oxygen atoms in total. The minimum Gasteiger partial charge on any atom is -0.506 e. The lowest BCUT2D eigenvalue weighted by molar-refractivity contribution is 0.0402. The van der Waals surface area contributed by atoms with E-state index in [0.29, 0.717) is 39.1 Å². The van der Waals surface area contributed by atoms with Crippen LogP contribution in [-0.4, -0.2) is 46.4 Å². The molecule has 1 saturated heterocycles. The Morgan fingerprint density at radius 2 is 1.89 bits per heavy atom. The molecule has 2 heterocycles. The van der Waals surface area contributed by atoms with Crippen molar-refractivity contribution in [2.45, 2.75) is 50.4 Å². The number of halogens is 3. The fourth-order valence-electron chi connectivity index (χ4n) is 4.63. The zero-order valence-electron chi connectivity index (χ0n) is 20.6. The van der Waals surface area contributed by atoms with E-state index in [1.54, 1.807) is 31.2 Å². The van der Waals surface area contributed by atoms with Gasteiger partial charge in [0.2, 0.25) is 0 Å². The van der Waals surface area contributed by atoms with Crippen LogP contribution in [-0.2, 0) is 28.3 Å². The van der Waals surface area contributed by atoms with Crippen LogP contribution in [0.3, 0.4) is 0 Å². The van der Waals surface area contributed by atoms with E-state index in [1.807, 2.05) is 11.5 Å². The summed E-state index contributed by atoms with van der Waals surface area (Å²) in [5.41, 5.74) is 2.06. The highest BCUT2D eigenvalue weighted by atomic mass is 79.9. The van der Waals surface area contributed by atoms with Gasteiger partial charge >= 0.3 is 12.1 Å². The van der Waals surface area contributed by atoms with E-state index in [1.165, 1.54) is 17.8 Å². The molecule has 0 unspecified atom stereocenters. The molecular weight excluding hydrogens is 587 g/mol. The van der Waals surface area contributed by atoms with Gasteiger partial charge in [-0.1, -0.05) is 12.1 Å². The summed E-state index contributed by atoms with van der Waals surface area (Å²) in [7, 11) is 0. The van der Waals surface area contributed by atoms with Crippen LogP contribution >= 0.6 is 40.1 Å². The number of esters is 1. The summed E-state index contributed by atoms with van der Waals surface area (Å²) in [4.78, 5) is 28.2. The summed E-state index contributed by atoms with van der Waals surface area (Å²) < 4.78 is 26.7. The van der Waals surface area contributed by atoms with Gasteiger partial charge in [0.15, 0.2) is 0 Å². The molecular formula is C26H29BrClFN2O5S. The van der Waals surface area contributed by atoms with Gasteiger partial charge in [-0.05, 0) is 73.9 Å². The van der Waals surface area contributed by atoms with Crippen molar-refractivity contribution in [3.8, 4) is 5.75 Å². The van der Waals surface area contributed by atoms with Gasteiger partial charge in [0, 0.05) is 40.4 Å². The molecule has 1 aliphatic heterocycles. The van der Waals surface area contributed by atoms with Crippen LogP contribution in [0.15, 0.2) is 39.7 Å². The number of aryl methyl sites for hydroxylation is 1. The van der Waals surface area contributed by atoms with Crippen molar-refractivity contribution in [1.82, 2.24) is 9.47 Å². The molecule has 1 aromatic heterocycles. The Kier molecular flexibility index (Phi) is 10.3. The van der Waals surface area contributed by atoms with Crippen molar-refractivity contribution >= 4 is 63.1 Å². The molecule has 0 radical (unpaired) electrons. The monoisotopic (exact) mass is 614 g/mol. The average Bonchev–Trinajstić information content (AvgIpc) is 3.47. The lowest BCUT2D eigenvalue weighted by atomic mass is 10.0. The first-order valence-corrected chi connectivity index (χ1v) is 13.7. The van der Waals surface area contributed by atoms with Crippen LogP contribution < -0.4 is 0 Å². The third-order valence-electron chi connectivity index (χ3n) is 6.23. The van der Waals surface area contributed by atoms with E-state index in [2.05, 4.69) is 20.8 Å². The number of aromatic hydroxyl groups is 1. The van der Waals surface area contributed by atoms with Crippen molar-refractivity contribution in [1.29, 1.82) is 0 Å². The standard InChI is InChI=1S/C26H28BrFN2O5S.ClH/c1-3-30-19-13-17(27)24(31)16(14-29-11-7-8-12-29)22(19)23(25(32)35-26(33)34-4-2)20(30)15-36-21-10-6-5-9-18(21)28;/h5-6,9-10,13,31H,3-4,7-8,11-12,14-15H2,1-2H3;1H. The Morgan fingerprint density at radius 3 is 2.54 bits per heavy atom.